The van der Waals surface area contributed by atoms with Crippen LogP contribution in [0.3, 0.4) is 0 Å². The minimum Gasteiger partial charge on any atom is -0.497 e. The molecule has 0 radical (unpaired) electrons. The average molecular weight is 266 g/mol. The van der Waals surface area contributed by atoms with Crippen LogP contribution in [0.2, 0.25) is 0 Å². The van der Waals surface area contributed by atoms with Crippen LogP contribution in [0.4, 0.5) is 0 Å². The van der Waals surface area contributed by atoms with Gasteiger partial charge in [-0.3, -0.25) is 9.97 Å². The van der Waals surface area contributed by atoms with E-state index in [-0.39, 0.29) is 0 Å². The third-order valence-electron chi connectivity index (χ3n) is 3.19. The molecule has 20 heavy (non-hydrogen) atoms. The lowest BCUT2D eigenvalue weighted by Gasteiger charge is -2.09. The summed E-state index contributed by atoms with van der Waals surface area (Å²) in [5.41, 5.74) is 2.88. The molecule has 4 nitrogen and oxygen atoms in total. The Kier molecular flexibility index (Phi) is 3.21. The Morgan fingerprint density at radius 2 is 1.85 bits per heavy atom. The maximum Gasteiger partial charge on any atom is 0.131 e. The standard InChI is InChI=1S/C16H14N2O2/c1-19-13-7-15-14(16(8-13)20-2)6-12(10-18-15)11-4-3-5-17-9-11/h3-10H,1-2H3. The van der Waals surface area contributed by atoms with Gasteiger partial charge in [-0.1, -0.05) is 6.07 Å². The molecule has 2 aromatic heterocycles. The van der Waals surface area contributed by atoms with Crippen molar-refractivity contribution in [2.45, 2.75) is 0 Å². The highest BCUT2D eigenvalue weighted by atomic mass is 16.5. The Morgan fingerprint density at radius 3 is 2.55 bits per heavy atom. The van der Waals surface area contributed by atoms with Gasteiger partial charge in [-0.15, -0.1) is 0 Å². The van der Waals surface area contributed by atoms with Crippen LogP contribution < -0.4 is 9.47 Å². The molecular formula is C16H14N2O2. The second kappa shape index (κ2) is 5.17. The van der Waals surface area contributed by atoms with Gasteiger partial charge in [0.05, 0.1) is 19.7 Å². The summed E-state index contributed by atoms with van der Waals surface area (Å²) in [4.78, 5) is 8.62. The fraction of sp³-hybridized carbons (Fsp3) is 0.125. The van der Waals surface area contributed by atoms with E-state index in [4.69, 9.17) is 9.47 Å². The smallest absolute Gasteiger partial charge is 0.131 e. The molecule has 3 aromatic rings. The molecule has 3 rings (SSSR count). The van der Waals surface area contributed by atoms with Gasteiger partial charge in [-0.05, 0) is 12.1 Å². The molecule has 0 saturated heterocycles. The van der Waals surface area contributed by atoms with Gasteiger partial charge < -0.3 is 9.47 Å². The van der Waals surface area contributed by atoms with Gasteiger partial charge in [0.25, 0.3) is 0 Å². The normalized spacial score (nSPS) is 10.5. The number of aromatic nitrogens is 2. The number of benzene rings is 1. The van der Waals surface area contributed by atoms with Gasteiger partial charge >= 0.3 is 0 Å². The monoisotopic (exact) mass is 266 g/mol. The second-order valence-electron chi connectivity index (χ2n) is 4.36. The topological polar surface area (TPSA) is 44.2 Å². The van der Waals surface area contributed by atoms with Crippen molar-refractivity contribution in [1.29, 1.82) is 0 Å². The lowest BCUT2D eigenvalue weighted by molar-refractivity contribution is 0.398. The van der Waals surface area contributed by atoms with Gasteiger partial charge in [-0.2, -0.15) is 0 Å². The molecular weight excluding hydrogens is 252 g/mol. The Labute approximate surface area is 117 Å². The minimum absolute atomic E-state index is 0.732. The lowest BCUT2D eigenvalue weighted by Crippen LogP contribution is -1.91. The van der Waals surface area contributed by atoms with Gasteiger partial charge in [0.2, 0.25) is 0 Å². The number of methoxy groups -OCH3 is 2. The molecule has 0 saturated carbocycles. The summed E-state index contributed by atoms with van der Waals surface area (Å²) in [6, 6.07) is 9.72. The number of ether oxygens (including phenoxy) is 2. The molecule has 100 valence electrons. The fourth-order valence-corrected chi connectivity index (χ4v) is 2.15. The first kappa shape index (κ1) is 12.4. The summed E-state index contributed by atoms with van der Waals surface area (Å²) < 4.78 is 10.7. The van der Waals surface area contributed by atoms with Crippen molar-refractivity contribution >= 4 is 10.9 Å². The number of fused-ring (bicyclic) bond motifs is 1. The van der Waals surface area contributed by atoms with Crippen LogP contribution in [0.1, 0.15) is 0 Å². The fourth-order valence-electron chi connectivity index (χ4n) is 2.15. The Morgan fingerprint density at radius 1 is 0.950 bits per heavy atom. The van der Waals surface area contributed by atoms with E-state index in [2.05, 4.69) is 16.0 Å². The first-order valence-corrected chi connectivity index (χ1v) is 6.24. The zero-order valence-electron chi connectivity index (χ0n) is 11.3. The van der Waals surface area contributed by atoms with Gasteiger partial charge in [0, 0.05) is 47.2 Å². The number of hydrogen-bond donors (Lipinski definition) is 0. The Balaban J connectivity index is 2.20. The zero-order chi connectivity index (χ0) is 13.9. The molecule has 4 heteroatoms. The van der Waals surface area contributed by atoms with Crippen molar-refractivity contribution in [3.8, 4) is 22.6 Å². The Hall–Kier alpha value is -2.62. The van der Waals surface area contributed by atoms with Crippen LogP contribution in [0.25, 0.3) is 22.0 Å². The van der Waals surface area contributed by atoms with Crippen LogP contribution in [-0.4, -0.2) is 24.2 Å². The third-order valence-corrected chi connectivity index (χ3v) is 3.19. The van der Waals surface area contributed by atoms with Crippen LogP contribution in [0.15, 0.2) is 48.9 Å². The third kappa shape index (κ3) is 2.16. The maximum atomic E-state index is 5.43. The second-order valence-corrected chi connectivity index (χ2v) is 4.36. The molecule has 0 N–H and O–H groups in total. The largest absolute Gasteiger partial charge is 0.497 e. The first-order chi connectivity index (χ1) is 9.81. The van der Waals surface area contributed by atoms with Gasteiger partial charge in [0.1, 0.15) is 11.5 Å². The summed E-state index contributed by atoms with van der Waals surface area (Å²) >= 11 is 0. The summed E-state index contributed by atoms with van der Waals surface area (Å²) in [5, 5.41) is 0.953. The molecule has 0 atom stereocenters. The molecule has 0 amide bonds. The molecule has 2 heterocycles. The van der Waals surface area contributed by atoms with Gasteiger partial charge in [0.15, 0.2) is 0 Å². The lowest BCUT2D eigenvalue weighted by atomic mass is 10.1. The van der Waals surface area contributed by atoms with E-state index in [1.807, 2.05) is 36.7 Å². The zero-order valence-corrected chi connectivity index (χ0v) is 11.3. The summed E-state index contributed by atoms with van der Waals surface area (Å²) in [6.45, 7) is 0. The van der Waals surface area contributed by atoms with Crippen molar-refractivity contribution in [3.63, 3.8) is 0 Å². The highest BCUT2D eigenvalue weighted by Crippen LogP contribution is 2.32. The Bertz CT molecular complexity index is 742. The highest BCUT2D eigenvalue weighted by molar-refractivity contribution is 5.90. The van der Waals surface area contributed by atoms with Crippen molar-refractivity contribution in [3.05, 3.63) is 48.9 Å². The molecule has 1 aromatic carbocycles. The van der Waals surface area contributed by atoms with E-state index in [0.717, 1.165) is 33.5 Å². The summed E-state index contributed by atoms with van der Waals surface area (Å²) in [7, 11) is 3.27. The molecule has 0 aliphatic rings. The predicted octanol–water partition coefficient (Wildman–Crippen LogP) is 3.31. The van der Waals surface area contributed by atoms with Crippen LogP contribution in [0, 0.1) is 0 Å². The van der Waals surface area contributed by atoms with E-state index in [9.17, 15) is 0 Å². The SMILES string of the molecule is COc1cc(OC)c2cc(-c3cccnc3)cnc2c1. The molecule has 0 unspecified atom stereocenters. The number of rotatable bonds is 3. The van der Waals surface area contributed by atoms with Crippen molar-refractivity contribution < 1.29 is 9.47 Å². The summed E-state index contributed by atoms with van der Waals surface area (Å²) in [5.74, 6) is 1.48. The van der Waals surface area contributed by atoms with E-state index in [1.54, 1.807) is 20.4 Å². The highest BCUT2D eigenvalue weighted by Gasteiger charge is 2.08. The van der Waals surface area contributed by atoms with E-state index in [1.165, 1.54) is 0 Å². The number of hydrogen-bond acceptors (Lipinski definition) is 4. The van der Waals surface area contributed by atoms with E-state index in [0.29, 0.717) is 0 Å². The molecule has 0 fully saturated rings. The van der Waals surface area contributed by atoms with Crippen molar-refractivity contribution in [2.24, 2.45) is 0 Å². The predicted molar refractivity (Wildman–Crippen MR) is 78.1 cm³/mol. The number of nitrogens with zero attached hydrogens (tertiary/aromatic N) is 2. The average Bonchev–Trinajstić information content (AvgIpc) is 2.54. The molecule has 0 aliphatic heterocycles. The van der Waals surface area contributed by atoms with Crippen LogP contribution in [0.5, 0.6) is 11.5 Å². The van der Waals surface area contributed by atoms with Crippen molar-refractivity contribution in [2.75, 3.05) is 14.2 Å². The van der Waals surface area contributed by atoms with Crippen LogP contribution >= 0.6 is 0 Å². The first-order valence-electron chi connectivity index (χ1n) is 6.24. The molecule has 0 bridgehead atoms. The summed E-state index contributed by atoms with van der Waals surface area (Å²) in [6.07, 6.45) is 5.40. The van der Waals surface area contributed by atoms with Gasteiger partial charge in [-0.25, -0.2) is 0 Å². The van der Waals surface area contributed by atoms with E-state index >= 15 is 0 Å². The van der Waals surface area contributed by atoms with Crippen LogP contribution in [-0.2, 0) is 0 Å². The molecule has 0 spiro atoms. The molecule has 0 aliphatic carbocycles. The number of pyridine rings is 2. The van der Waals surface area contributed by atoms with Crippen molar-refractivity contribution in [1.82, 2.24) is 9.97 Å². The minimum atomic E-state index is 0.732. The quantitative estimate of drug-likeness (QED) is 0.729. The maximum absolute atomic E-state index is 5.43. The van der Waals surface area contributed by atoms with E-state index < -0.39 is 0 Å².